The lowest BCUT2D eigenvalue weighted by Gasteiger charge is -2.26. The molecule has 2 aromatic rings. The fourth-order valence-corrected chi connectivity index (χ4v) is 3.49. The highest BCUT2D eigenvalue weighted by Gasteiger charge is 2.20. The smallest absolute Gasteiger partial charge is 0.220 e. The van der Waals surface area contributed by atoms with Gasteiger partial charge in [-0.25, -0.2) is 0 Å². The number of aryl methyl sites for hydroxylation is 2. The van der Waals surface area contributed by atoms with Crippen molar-refractivity contribution in [3.63, 3.8) is 0 Å². The molecule has 0 fully saturated rings. The fraction of sp³-hybridized carbons (Fsp3) is 0.350. The van der Waals surface area contributed by atoms with Crippen molar-refractivity contribution in [2.75, 3.05) is 18.9 Å². The summed E-state index contributed by atoms with van der Waals surface area (Å²) in [5.74, 6) is 2.30. The maximum Gasteiger partial charge on any atom is 0.220 e. The average Bonchev–Trinajstić information content (AvgIpc) is 2.63. The van der Waals surface area contributed by atoms with Crippen LogP contribution in [0.15, 0.2) is 47.4 Å². The van der Waals surface area contributed by atoms with Crippen molar-refractivity contribution in [3.05, 3.63) is 53.6 Å². The van der Waals surface area contributed by atoms with Crippen LogP contribution in [0.5, 0.6) is 11.5 Å². The van der Waals surface area contributed by atoms with E-state index in [2.05, 4.69) is 37.4 Å². The topological polar surface area (TPSA) is 47.6 Å². The Labute approximate surface area is 152 Å². The molecule has 5 heteroatoms. The molecule has 25 heavy (non-hydrogen) atoms. The summed E-state index contributed by atoms with van der Waals surface area (Å²) >= 11 is 1.71. The SMILES string of the molecule is Cc1ccc(SCCC(=O)NCC2COc3ccccc3O2)cc1C. The summed E-state index contributed by atoms with van der Waals surface area (Å²) in [5.41, 5.74) is 2.57. The zero-order chi connectivity index (χ0) is 17.6. The highest BCUT2D eigenvalue weighted by Crippen LogP contribution is 2.30. The molecule has 1 aliphatic rings. The average molecular weight is 357 g/mol. The lowest BCUT2D eigenvalue weighted by Crippen LogP contribution is -2.40. The van der Waals surface area contributed by atoms with Crippen LogP contribution in [0.3, 0.4) is 0 Å². The molecule has 0 spiro atoms. The van der Waals surface area contributed by atoms with E-state index < -0.39 is 0 Å². The number of fused-ring (bicyclic) bond motifs is 1. The van der Waals surface area contributed by atoms with Crippen LogP contribution in [-0.2, 0) is 4.79 Å². The van der Waals surface area contributed by atoms with Gasteiger partial charge in [0.25, 0.3) is 0 Å². The molecule has 1 atom stereocenters. The maximum atomic E-state index is 12.0. The molecule has 0 saturated carbocycles. The molecule has 0 aromatic heterocycles. The molecule has 1 heterocycles. The minimum Gasteiger partial charge on any atom is -0.486 e. The molecule has 1 aliphatic heterocycles. The van der Waals surface area contributed by atoms with E-state index in [0.717, 1.165) is 17.3 Å². The van der Waals surface area contributed by atoms with Crippen LogP contribution >= 0.6 is 11.8 Å². The molecular weight excluding hydrogens is 334 g/mol. The van der Waals surface area contributed by atoms with E-state index in [9.17, 15) is 4.79 Å². The molecule has 0 bridgehead atoms. The first-order valence-electron chi connectivity index (χ1n) is 8.47. The van der Waals surface area contributed by atoms with Gasteiger partial charge in [0, 0.05) is 17.1 Å². The molecule has 4 nitrogen and oxygen atoms in total. The lowest BCUT2D eigenvalue weighted by atomic mass is 10.1. The van der Waals surface area contributed by atoms with Gasteiger partial charge in [0.15, 0.2) is 11.5 Å². The molecule has 0 aliphatic carbocycles. The number of carbonyl (C=O) groups excluding carboxylic acids is 1. The third-order valence-corrected chi connectivity index (χ3v) is 5.17. The van der Waals surface area contributed by atoms with Crippen LogP contribution in [0, 0.1) is 13.8 Å². The van der Waals surface area contributed by atoms with Crippen LogP contribution < -0.4 is 14.8 Å². The first-order valence-corrected chi connectivity index (χ1v) is 9.45. The van der Waals surface area contributed by atoms with Crippen molar-refractivity contribution < 1.29 is 14.3 Å². The minimum atomic E-state index is -0.147. The Bertz CT molecular complexity index is 747. The molecule has 0 saturated heterocycles. The monoisotopic (exact) mass is 357 g/mol. The summed E-state index contributed by atoms with van der Waals surface area (Å²) in [4.78, 5) is 13.2. The summed E-state index contributed by atoms with van der Waals surface area (Å²) in [6, 6.07) is 14.0. The fourth-order valence-electron chi connectivity index (χ4n) is 2.55. The maximum absolute atomic E-state index is 12.0. The van der Waals surface area contributed by atoms with Crippen molar-refractivity contribution in [2.45, 2.75) is 31.3 Å². The molecule has 2 aromatic carbocycles. The number of para-hydroxylation sites is 2. The zero-order valence-electron chi connectivity index (χ0n) is 14.6. The van der Waals surface area contributed by atoms with E-state index in [1.54, 1.807) is 11.8 Å². The normalized spacial score (nSPS) is 15.7. The first-order chi connectivity index (χ1) is 12.1. The highest BCUT2D eigenvalue weighted by atomic mass is 32.2. The first kappa shape index (κ1) is 17.7. The Morgan fingerprint density at radius 1 is 1.16 bits per heavy atom. The molecule has 1 N–H and O–H groups in total. The molecule has 132 valence electrons. The van der Waals surface area contributed by atoms with E-state index in [1.165, 1.54) is 16.0 Å². The summed E-state index contributed by atoms with van der Waals surface area (Å²) < 4.78 is 11.5. The second-order valence-electron chi connectivity index (χ2n) is 6.15. The third-order valence-electron chi connectivity index (χ3n) is 4.17. The van der Waals surface area contributed by atoms with Gasteiger partial charge in [-0.3, -0.25) is 4.79 Å². The third kappa shape index (κ3) is 4.92. The van der Waals surface area contributed by atoms with Gasteiger partial charge >= 0.3 is 0 Å². The van der Waals surface area contributed by atoms with Crippen LogP contribution in [-0.4, -0.2) is 30.9 Å². The molecule has 1 unspecified atom stereocenters. The Morgan fingerprint density at radius 2 is 1.96 bits per heavy atom. The number of benzene rings is 2. The molecular formula is C20H23NO3S. The molecule has 0 radical (unpaired) electrons. The zero-order valence-corrected chi connectivity index (χ0v) is 15.4. The highest BCUT2D eigenvalue weighted by molar-refractivity contribution is 7.99. The standard InChI is InChI=1S/C20H23NO3S/c1-14-7-8-17(11-15(14)2)25-10-9-20(22)21-12-16-13-23-18-5-3-4-6-19(18)24-16/h3-8,11,16H,9-10,12-13H2,1-2H3,(H,21,22). The number of thioether (sulfide) groups is 1. The second-order valence-corrected chi connectivity index (χ2v) is 7.31. The number of rotatable bonds is 6. The van der Waals surface area contributed by atoms with Gasteiger partial charge in [-0.1, -0.05) is 18.2 Å². The Kier molecular flexibility index (Phi) is 5.87. The van der Waals surface area contributed by atoms with E-state index in [1.807, 2.05) is 24.3 Å². The van der Waals surface area contributed by atoms with Gasteiger partial charge in [-0.05, 0) is 49.2 Å². The Balaban J connectivity index is 1.38. The van der Waals surface area contributed by atoms with Gasteiger partial charge in [0.2, 0.25) is 5.91 Å². The van der Waals surface area contributed by atoms with Crippen LogP contribution in [0.25, 0.3) is 0 Å². The van der Waals surface area contributed by atoms with Crippen molar-refractivity contribution >= 4 is 17.7 Å². The summed E-state index contributed by atoms with van der Waals surface area (Å²) in [5, 5.41) is 2.93. The van der Waals surface area contributed by atoms with Crippen LogP contribution in [0.4, 0.5) is 0 Å². The minimum absolute atomic E-state index is 0.0405. The Hall–Kier alpha value is -2.14. The lowest BCUT2D eigenvalue weighted by molar-refractivity contribution is -0.121. The van der Waals surface area contributed by atoms with Crippen molar-refractivity contribution in [1.82, 2.24) is 5.32 Å². The van der Waals surface area contributed by atoms with E-state index in [0.29, 0.717) is 19.6 Å². The van der Waals surface area contributed by atoms with Gasteiger partial charge in [0.1, 0.15) is 12.7 Å². The molecule has 3 rings (SSSR count). The predicted molar refractivity (Wildman–Crippen MR) is 101 cm³/mol. The summed E-state index contributed by atoms with van der Waals surface area (Å²) in [6.07, 6.45) is 0.341. The van der Waals surface area contributed by atoms with Gasteiger partial charge in [-0.2, -0.15) is 0 Å². The van der Waals surface area contributed by atoms with E-state index in [-0.39, 0.29) is 12.0 Å². The van der Waals surface area contributed by atoms with Crippen LogP contribution in [0.1, 0.15) is 17.5 Å². The number of amides is 1. The summed E-state index contributed by atoms with van der Waals surface area (Å²) in [6.45, 7) is 5.12. The number of nitrogens with one attached hydrogen (secondary N) is 1. The molecule has 1 amide bonds. The number of ether oxygens (including phenoxy) is 2. The van der Waals surface area contributed by atoms with Gasteiger partial charge < -0.3 is 14.8 Å². The number of carbonyl (C=O) groups is 1. The van der Waals surface area contributed by atoms with Gasteiger partial charge in [-0.15, -0.1) is 11.8 Å². The van der Waals surface area contributed by atoms with Crippen LogP contribution in [0.2, 0.25) is 0 Å². The van der Waals surface area contributed by atoms with E-state index in [4.69, 9.17) is 9.47 Å². The van der Waals surface area contributed by atoms with Gasteiger partial charge in [0.05, 0.1) is 6.54 Å². The summed E-state index contributed by atoms with van der Waals surface area (Å²) in [7, 11) is 0. The number of hydrogen-bond donors (Lipinski definition) is 1. The second kappa shape index (κ2) is 8.30. The van der Waals surface area contributed by atoms with Crippen molar-refractivity contribution in [3.8, 4) is 11.5 Å². The van der Waals surface area contributed by atoms with Crippen molar-refractivity contribution in [2.24, 2.45) is 0 Å². The van der Waals surface area contributed by atoms with E-state index >= 15 is 0 Å². The van der Waals surface area contributed by atoms with Crippen molar-refractivity contribution in [1.29, 1.82) is 0 Å². The largest absolute Gasteiger partial charge is 0.486 e. The predicted octanol–water partition coefficient (Wildman–Crippen LogP) is 3.74. The Morgan fingerprint density at radius 3 is 2.76 bits per heavy atom. The quantitative estimate of drug-likeness (QED) is 0.800. The number of hydrogen-bond acceptors (Lipinski definition) is 4.